The lowest BCUT2D eigenvalue weighted by Gasteiger charge is -2.09. The number of ether oxygens (including phenoxy) is 1. The normalized spacial score (nSPS) is 10.2. The number of halogens is 1. The van der Waals surface area contributed by atoms with Crippen molar-refractivity contribution in [3.63, 3.8) is 0 Å². The molecule has 0 aliphatic heterocycles. The number of phenols is 2. The second kappa shape index (κ2) is 8.89. The molecule has 0 aliphatic carbocycles. The summed E-state index contributed by atoms with van der Waals surface area (Å²) in [7, 11) is 0. The minimum Gasteiger partial charge on any atom is -0.504 e. The molecule has 24 heavy (non-hydrogen) atoms. The second-order valence-electron chi connectivity index (χ2n) is 4.47. The monoisotopic (exact) mass is 361 g/mol. The van der Waals surface area contributed by atoms with Crippen LogP contribution in [-0.4, -0.2) is 46.8 Å². The van der Waals surface area contributed by atoms with Gasteiger partial charge in [-0.1, -0.05) is 11.6 Å². The smallest absolute Gasteiger partial charge is 0.328 e. The minimum absolute atomic E-state index is 0.218. The molecular weight excluding hydrogens is 346 g/mol. The van der Waals surface area contributed by atoms with Crippen molar-refractivity contribution in [2.24, 2.45) is 0 Å². The summed E-state index contributed by atoms with van der Waals surface area (Å²) in [4.78, 5) is 33.5. The molecular formula is C13H16ClN3O7. The summed E-state index contributed by atoms with van der Waals surface area (Å²) >= 11 is 5.71. The van der Waals surface area contributed by atoms with Gasteiger partial charge in [0.25, 0.3) is 5.91 Å². The Morgan fingerprint density at radius 1 is 1.42 bits per heavy atom. The van der Waals surface area contributed by atoms with Crippen LogP contribution in [0.5, 0.6) is 11.5 Å². The van der Waals surface area contributed by atoms with E-state index in [0.717, 1.165) is 6.07 Å². The first kappa shape index (κ1) is 19.5. The topological polar surface area (TPSA) is 151 Å². The number of carbonyl (C=O) groups is 2. The molecule has 0 saturated heterocycles. The summed E-state index contributed by atoms with van der Waals surface area (Å²) in [5.41, 5.74) is -1.83. The Labute approximate surface area is 141 Å². The van der Waals surface area contributed by atoms with Crippen molar-refractivity contribution in [3.05, 3.63) is 26.8 Å². The standard InChI is InChI=1S/C13H16ClN3O7/c1-2-24-5-3-4-15-13(21)16-12(20)9-7(14)6-8(18)11(19)10(9)17(22)23/h6,18-19H,2-5H2,1H3,(H2,15,16,20,21). The van der Waals surface area contributed by atoms with E-state index in [4.69, 9.17) is 16.3 Å². The van der Waals surface area contributed by atoms with Crippen LogP contribution in [0, 0.1) is 10.1 Å². The Hall–Kier alpha value is -2.59. The van der Waals surface area contributed by atoms with E-state index in [0.29, 0.717) is 19.6 Å². The molecule has 0 aromatic heterocycles. The van der Waals surface area contributed by atoms with E-state index in [1.807, 2.05) is 12.2 Å². The fourth-order valence-electron chi connectivity index (χ4n) is 1.74. The summed E-state index contributed by atoms with van der Waals surface area (Å²) < 4.78 is 5.07. The number of benzene rings is 1. The van der Waals surface area contributed by atoms with Gasteiger partial charge in [-0.15, -0.1) is 0 Å². The SMILES string of the molecule is CCOCCCNC(=O)NC(=O)c1c(Cl)cc(O)c(O)c1[N+](=O)[O-]. The Bertz CT molecular complexity index is 651. The number of amides is 3. The largest absolute Gasteiger partial charge is 0.504 e. The van der Waals surface area contributed by atoms with E-state index in [1.54, 1.807) is 0 Å². The van der Waals surface area contributed by atoms with Gasteiger partial charge in [-0.05, 0) is 13.3 Å². The number of nitrogens with one attached hydrogen (secondary N) is 2. The van der Waals surface area contributed by atoms with E-state index >= 15 is 0 Å². The first-order valence-corrected chi connectivity index (χ1v) is 7.23. The maximum Gasteiger partial charge on any atom is 0.328 e. The predicted molar refractivity (Wildman–Crippen MR) is 83.4 cm³/mol. The van der Waals surface area contributed by atoms with Gasteiger partial charge in [-0.25, -0.2) is 4.79 Å². The van der Waals surface area contributed by atoms with Crippen LogP contribution in [0.25, 0.3) is 0 Å². The van der Waals surface area contributed by atoms with Gasteiger partial charge in [0, 0.05) is 25.8 Å². The highest BCUT2D eigenvalue weighted by Gasteiger charge is 2.31. The van der Waals surface area contributed by atoms with Crippen LogP contribution in [0.2, 0.25) is 5.02 Å². The number of nitrogens with zero attached hydrogens (tertiary/aromatic N) is 1. The van der Waals surface area contributed by atoms with Crippen LogP contribution in [0.3, 0.4) is 0 Å². The van der Waals surface area contributed by atoms with Crippen molar-refractivity contribution >= 4 is 29.2 Å². The fourth-order valence-corrected chi connectivity index (χ4v) is 2.02. The van der Waals surface area contributed by atoms with Crippen molar-refractivity contribution in [2.45, 2.75) is 13.3 Å². The van der Waals surface area contributed by atoms with Crippen molar-refractivity contribution in [2.75, 3.05) is 19.8 Å². The Balaban J connectivity index is 2.83. The first-order chi connectivity index (χ1) is 11.3. The van der Waals surface area contributed by atoms with Crippen LogP contribution in [-0.2, 0) is 4.74 Å². The van der Waals surface area contributed by atoms with Gasteiger partial charge >= 0.3 is 11.7 Å². The van der Waals surface area contributed by atoms with E-state index < -0.39 is 44.6 Å². The number of nitro groups is 1. The minimum atomic E-state index is -1.19. The van der Waals surface area contributed by atoms with Gasteiger partial charge < -0.3 is 20.3 Å². The fraction of sp³-hybridized carbons (Fsp3) is 0.385. The highest BCUT2D eigenvalue weighted by molar-refractivity contribution is 6.35. The molecule has 0 unspecified atom stereocenters. The van der Waals surface area contributed by atoms with Crippen molar-refractivity contribution in [1.82, 2.24) is 10.6 Å². The average Bonchev–Trinajstić information content (AvgIpc) is 2.49. The van der Waals surface area contributed by atoms with Crippen molar-refractivity contribution < 1.29 is 29.5 Å². The quantitative estimate of drug-likeness (QED) is 0.249. The molecule has 0 spiro atoms. The number of urea groups is 1. The number of aromatic hydroxyl groups is 2. The number of hydrogen-bond donors (Lipinski definition) is 4. The number of imide groups is 1. The lowest BCUT2D eigenvalue weighted by molar-refractivity contribution is -0.386. The Morgan fingerprint density at radius 3 is 2.67 bits per heavy atom. The summed E-state index contributed by atoms with van der Waals surface area (Å²) in [6.07, 6.45) is 0.510. The maximum atomic E-state index is 12.0. The average molecular weight is 362 g/mol. The van der Waals surface area contributed by atoms with Gasteiger partial charge in [0.15, 0.2) is 5.75 Å². The third kappa shape index (κ3) is 4.96. The number of rotatable bonds is 7. The zero-order valence-electron chi connectivity index (χ0n) is 12.7. The van der Waals surface area contributed by atoms with E-state index in [-0.39, 0.29) is 6.54 Å². The molecule has 11 heteroatoms. The molecule has 1 rings (SSSR count). The lowest BCUT2D eigenvalue weighted by Crippen LogP contribution is -2.40. The number of phenolic OH excluding ortho intramolecular Hbond substituents is 2. The van der Waals surface area contributed by atoms with Crippen molar-refractivity contribution in [3.8, 4) is 11.5 Å². The molecule has 10 nitrogen and oxygen atoms in total. The van der Waals surface area contributed by atoms with E-state index in [9.17, 15) is 29.9 Å². The van der Waals surface area contributed by atoms with E-state index in [2.05, 4.69) is 5.32 Å². The zero-order chi connectivity index (χ0) is 18.3. The molecule has 0 fully saturated rings. The second-order valence-corrected chi connectivity index (χ2v) is 4.87. The Kier molecular flexibility index (Phi) is 7.21. The highest BCUT2D eigenvalue weighted by Crippen LogP contribution is 2.41. The summed E-state index contributed by atoms with van der Waals surface area (Å²) in [6, 6.07) is -0.131. The molecule has 4 N–H and O–H groups in total. The molecule has 1 aromatic rings. The zero-order valence-corrected chi connectivity index (χ0v) is 13.4. The maximum absolute atomic E-state index is 12.0. The molecule has 0 radical (unpaired) electrons. The van der Waals surface area contributed by atoms with E-state index in [1.165, 1.54) is 0 Å². The summed E-state index contributed by atoms with van der Waals surface area (Å²) in [6.45, 7) is 3.00. The molecule has 0 atom stereocenters. The lowest BCUT2D eigenvalue weighted by atomic mass is 10.1. The third-order valence-electron chi connectivity index (χ3n) is 2.80. The molecule has 0 aliphatic rings. The van der Waals surface area contributed by atoms with Gasteiger partial charge in [0.1, 0.15) is 5.56 Å². The third-order valence-corrected chi connectivity index (χ3v) is 3.10. The van der Waals surface area contributed by atoms with Gasteiger partial charge in [-0.3, -0.25) is 20.2 Å². The van der Waals surface area contributed by atoms with Crippen molar-refractivity contribution in [1.29, 1.82) is 0 Å². The van der Waals surface area contributed by atoms with Crippen LogP contribution < -0.4 is 10.6 Å². The van der Waals surface area contributed by atoms with Gasteiger partial charge in [0.2, 0.25) is 5.75 Å². The summed E-state index contributed by atoms with van der Waals surface area (Å²) in [5, 5.41) is 33.6. The number of nitro benzene ring substituents is 1. The highest BCUT2D eigenvalue weighted by atomic mass is 35.5. The van der Waals surface area contributed by atoms with Crippen LogP contribution >= 0.6 is 11.6 Å². The molecule has 0 heterocycles. The molecule has 0 bridgehead atoms. The predicted octanol–water partition coefficient (Wildman–Crippen LogP) is 1.53. The molecule has 1 aromatic carbocycles. The van der Waals surface area contributed by atoms with Gasteiger partial charge in [0.05, 0.1) is 9.95 Å². The van der Waals surface area contributed by atoms with Crippen LogP contribution in [0.4, 0.5) is 10.5 Å². The Morgan fingerprint density at radius 2 is 2.08 bits per heavy atom. The first-order valence-electron chi connectivity index (χ1n) is 6.85. The molecule has 0 saturated carbocycles. The number of carbonyl (C=O) groups excluding carboxylic acids is 2. The van der Waals surface area contributed by atoms with Crippen LogP contribution in [0.1, 0.15) is 23.7 Å². The molecule has 3 amide bonds. The summed E-state index contributed by atoms with van der Waals surface area (Å²) in [5.74, 6) is -3.17. The van der Waals surface area contributed by atoms with Crippen LogP contribution in [0.15, 0.2) is 6.07 Å². The number of hydrogen-bond acceptors (Lipinski definition) is 7. The van der Waals surface area contributed by atoms with Gasteiger partial charge in [-0.2, -0.15) is 0 Å². The molecule has 132 valence electrons.